The first kappa shape index (κ1) is 13.5. The van der Waals surface area contributed by atoms with Crippen LogP contribution < -0.4 is 5.32 Å². The number of pyridine rings is 1. The van der Waals surface area contributed by atoms with Crippen LogP contribution in [-0.2, 0) is 0 Å². The van der Waals surface area contributed by atoms with E-state index in [1.54, 1.807) is 6.20 Å². The van der Waals surface area contributed by atoms with Gasteiger partial charge in [0.25, 0.3) is 0 Å². The molecular formula is C15H20N4. The topological polar surface area (TPSA) is 50.7 Å². The predicted octanol–water partition coefficient (Wildman–Crippen LogP) is 3.48. The molecule has 100 valence electrons. The number of nitrogens with zero attached hydrogens (tertiary/aromatic N) is 3. The Labute approximate surface area is 114 Å². The quantitative estimate of drug-likeness (QED) is 0.910. The highest BCUT2D eigenvalue weighted by molar-refractivity contribution is 5.32. The summed E-state index contributed by atoms with van der Waals surface area (Å²) in [6.07, 6.45) is 1.80. The van der Waals surface area contributed by atoms with Crippen molar-refractivity contribution >= 4 is 5.95 Å². The van der Waals surface area contributed by atoms with Gasteiger partial charge in [0.2, 0.25) is 5.95 Å². The highest BCUT2D eigenvalue weighted by atomic mass is 15.1. The number of hydrogen-bond acceptors (Lipinski definition) is 4. The second-order valence-electron chi connectivity index (χ2n) is 5.03. The van der Waals surface area contributed by atoms with Crippen LogP contribution in [0.4, 0.5) is 5.95 Å². The van der Waals surface area contributed by atoms with Gasteiger partial charge in [0.05, 0.1) is 11.7 Å². The lowest BCUT2D eigenvalue weighted by Crippen LogP contribution is -2.12. The van der Waals surface area contributed by atoms with Crippen molar-refractivity contribution in [2.45, 2.75) is 39.7 Å². The van der Waals surface area contributed by atoms with Crippen LogP contribution in [0.1, 0.15) is 49.8 Å². The largest absolute Gasteiger partial charge is 0.346 e. The van der Waals surface area contributed by atoms with Gasteiger partial charge in [-0.3, -0.25) is 4.98 Å². The zero-order valence-electron chi connectivity index (χ0n) is 11.9. The van der Waals surface area contributed by atoms with Gasteiger partial charge in [-0.05, 0) is 38.0 Å². The minimum Gasteiger partial charge on any atom is -0.346 e. The molecule has 0 amide bonds. The minimum absolute atomic E-state index is 0.0861. The number of aromatic nitrogens is 3. The Kier molecular flexibility index (Phi) is 4.10. The van der Waals surface area contributed by atoms with Crippen LogP contribution in [0, 0.1) is 6.92 Å². The SMILES string of the molecule is Cc1cc(C(C)C)nc(NC(C)c2ccccn2)n1. The lowest BCUT2D eigenvalue weighted by molar-refractivity contribution is 0.783. The fourth-order valence-corrected chi connectivity index (χ4v) is 1.85. The Morgan fingerprint density at radius 1 is 1.05 bits per heavy atom. The molecular weight excluding hydrogens is 236 g/mol. The molecule has 0 aliphatic rings. The molecule has 1 unspecified atom stereocenters. The van der Waals surface area contributed by atoms with Crippen LogP contribution in [0.3, 0.4) is 0 Å². The molecule has 2 aromatic rings. The summed E-state index contributed by atoms with van der Waals surface area (Å²) in [6.45, 7) is 8.31. The van der Waals surface area contributed by atoms with Gasteiger partial charge in [0.1, 0.15) is 0 Å². The fourth-order valence-electron chi connectivity index (χ4n) is 1.85. The van der Waals surface area contributed by atoms with Crippen molar-refractivity contribution in [1.29, 1.82) is 0 Å². The lowest BCUT2D eigenvalue weighted by Gasteiger charge is -2.15. The van der Waals surface area contributed by atoms with E-state index in [4.69, 9.17) is 0 Å². The monoisotopic (exact) mass is 256 g/mol. The highest BCUT2D eigenvalue weighted by Gasteiger charge is 2.10. The molecule has 0 saturated heterocycles. The summed E-state index contributed by atoms with van der Waals surface area (Å²) in [5, 5.41) is 3.31. The zero-order valence-corrected chi connectivity index (χ0v) is 11.9. The average molecular weight is 256 g/mol. The first-order chi connectivity index (χ1) is 9.06. The van der Waals surface area contributed by atoms with Crippen LogP contribution in [-0.4, -0.2) is 15.0 Å². The third kappa shape index (κ3) is 3.50. The number of nitrogens with one attached hydrogen (secondary N) is 1. The number of aryl methyl sites for hydroxylation is 1. The van der Waals surface area contributed by atoms with E-state index in [0.717, 1.165) is 17.1 Å². The maximum atomic E-state index is 4.55. The molecule has 0 fully saturated rings. The van der Waals surface area contributed by atoms with E-state index in [1.165, 1.54) is 0 Å². The summed E-state index contributed by atoms with van der Waals surface area (Å²) < 4.78 is 0. The molecule has 2 rings (SSSR count). The number of hydrogen-bond donors (Lipinski definition) is 1. The van der Waals surface area contributed by atoms with E-state index in [2.05, 4.69) is 41.0 Å². The van der Waals surface area contributed by atoms with Crippen LogP contribution in [0.2, 0.25) is 0 Å². The van der Waals surface area contributed by atoms with Crippen molar-refractivity contribution in [3.8, 4) is 0 Å². The third-order valence-corrected chi connectivity index (χ3v) is 2.94. The molecule has 1 atom stereocenters. The van der Waals surface area contributed by atoms with Gasteiger partial charge in [-0.25, -0.2) is 9.97 Å². The molecule has 2 aromatic heterocycles. The molecule has 1 N–H and O–H groups in total. The van der Waals surface area contributed by atoms with Crippen molar-refractivity contribution in [3.63, 3.8) is 0 Å². The molecule has 0 aliphatic carbocycles. The smallest absolute Gasteiger partial charge is 0.223 e. The highest BCUT2D eigenvalue weighted by Crippen LogP contribution is 2.18. The second kappa shape index (κ2) is 5.78. The van der Waals surface area contributed by atoms with Crippen molar-refractivity contribution in [3.05, 3.63) is 47.5 Å². The maximum Gasteiger partial charge on any atom is 0.223 e. The van der Waals surface area contributed by atoms with Gasteiger partial charge in [-0.2, -0.15) is 0 Å². The van der Waals surface area contributed by atoms with Gasteiger partial charge in [-0.15, -0.1) is 0 Å². The summed E-state index contributed by atoms with van der Waals surface area (Å²) in [7, 11) is 0. The molecule has 0 radical (unpaired) electrons. The minimum atomic E-state index is 0.0861. The van der Waals surface area contributed by atoms with Crippen LogP contribution in [0.5, 0.6) is 0 Å². The van der Waals surface area contributed by atoms with Gasteiger partial charge in [-0.1, -0.05) is 19.9 Å². The normalized spacial score (nSPS) is 12.5. The zero-order chi connectivity index (χ0) is 13.8. The first-order valence-corrected chi connectivity index (χ1v) is 6.59. The first-order valence-electron chi connectivity index (χ1n) is 6.59. The van der Waals surface area contributed by atoms with Crippen molar-refractivity contribution in [1.82, 2.24) is 15.0 Å². The van der Waals surface area contributed by atoms with E-state index < -0.39 is 0 Å². The van der Waals surface area contributed by atoms with Gasteiger partial charge in [0.15, 0.2) is 0 Å². The maximum absolute atomic E-state index is 4.55. The lowest BCUT2D eigenvalue weighted by atomic mass is 10.1. The molecule has 0 spiro atoms. The Hall–Kier alpha value is -1.97. The van der Waals surface area contributed by atoms with Crippen LogP contribution in [0.15, 0.2) is 30.5 Å². The summed E-state index contributed by atoms with van der Waals surface area (Å²) in [5.74, 6) is 1.06. The molecule has 2 heterocycles. The van der Waals surface area contributed by atoms with E-state index in [9.17, 15) is 0 Å². The average Bonchev–Trinajstić information content (AvgIpc) is 2.39. The second-order valence-corrected chi connectivity index (χ2v) is 5.03. The van der Waals surface area contributed by atoms with E-state index in [0.29, 0.717) is 11.9 Å². The summed E-state index contributed by atoms with van der Waals surface area (Å²) >= 11 is 0. The Morgan fingerprint density at radius 3 is 2.47 bits per heavy atom. The van der Waals surface area contributed by atoms with Gasteiger partial charge >= 0.3 is 0 Å². The van der Waals surface area contributed by atoms with E-state index in [-0.39, 0.29) is 6.04 Å². The number of rotatable bonds is 4. The molecule has 0 aliphatic heterocycles. The Morgan fingerprint density at radius 2 is 1.84 bits per heavy atom. The summed E-state index contributed by atoms with van der Waals surface area (Å²) in [6, 6.07) is 8.01. The van der Waals surface area contributed by atoms with E-state index >= 15 is 0 Å². The summed E-state index contributed by atoms with van der Waals surface area (Å²) in [5.41, 5.74) is 3.02. The Balaban J connectivity index is 2.19. The third-order valence-electron chi connectivity index (χ3n) is 2.94. The molecule has 4 nitrogen and oxygen atoms in total. The predicted molar refractivity (Wildman–Crippen MR) is 77.1 cm³/mol. The number of anilines is 1. The Bertz CT molecular complexity index is 537. The summed E-state index contributed by atoms with van der Waals surface area (Å²) in [4.78, 5) is 13.3. The van der Waals surface area contributed by atoms with Crippen LogP contribution in [0.25, 0.3) is 0 Å². The van der Waals surface area contributed by atoms with Gasteiger partial charge < -0.3 is 5.32 Å². The van der Waals surface area contributed by atoms with Crippen molar-refractivity contribution < 1.29 is 0 Å². The fraction of sp³-hybridized carbons (Fsp3) is 0.400. The molecule has 0 saturated carbocycles. The molecule has 0 aromatic carbocycles. The molecule has 0 bridgehead atoms. The standard InChI is InChI=1S/C15H20N4/c1-10(2)14-9-11(3)17-15(19-14)18-12(4)13-7-5-6-8-16-13/h5-10,12H,1-4H3,(H,17,18,19). The van der Waals surface area contributed by atoms with E-state index in [1.807, 2.05) is 31.2 Å². The van der Waals surface area contributed by atoms with Crippen molar-refractivity contribution in [2.75, 3.05) is 5.32 Å². The molecule has 4 heteroatoms. The molecule has 19 heavy (non-hydrogen) atoms. The van der Waals surface area contributed by atoms with Crippen LogP contribution >= 0.6 is 0 Å². The van der Waals surface area contributed by atoms with Crippen molar-refractivity contribution in [2.24, 2.45) is 0 Å². The van der Waals surface area contributed by atoms with Gasteiger partial charge in [0, 0.05) is 17.6 Å².